The SMILES string of the molecule is CC1(C)c2ccccc2-c2c(-c3ccc(N(c4ccc(-c5ccccc5)cc4)c4cccc(-c5cccc6c5oc5ccccc56)c4)cc3)cccc21. The normalized spacial score (nSPS) is 12.9. The number of para-hydroxylation sites is 2. The first-order valence-electron chi connectivity index (χ1n) is 18.3. The second-order valence-electron chi connectivity index (χ2n) is 14.5. The molecule has 1 aliphatic rings. The van der Waals surface area contributed by atoms with Crippen molar-refractivity contribution in [1.29, 1.82) is 0 Å². The quantitative estimate of drug-likeness (QED) is 0.174. The summed E-state index contributed by atoms with van der Waals surface area (Å²) in [5.74, 6) is 0. The molecule has 53 heavy (non-hydrogen) atoms. The second kappa shape index (κ2) is 12.3. The van der Waals surface area contributed by atoms with Crippen LogP contribution in [0.3, 0.4) is 0 Å². The van der Waals surface area contributed by atoms with E-state index in [1.807, 2.05) is 12.1 Å². The van der Waals surface area contributed by atoms with Gasteiger partial charge in [-0.1, -0.05) is 159 Å². The highest BCUT2D eigenvalue weighted by Crippen LogP contribution is 2.52. The Kier molecular flexibility index (Phi) is 7.19. The first kappa shape index (κ1) is 31.1. The molecule has 10 rings (SSSR count). The van der Waals surface area contributed by atoms with Crippen LogP contribution in [-0.2, 0) is 5.41 Å². The molecule has 2 nitrogen and oxygen atoms in total. The predicted molar refractivity (Wildman–Crippen MR) is 222 cm³/mol. The van der Waals surface area contributed by atoms with Crippen molar-refractivity contribution in [3.05, 3.63) is 199 Å². The van der Waals surface area contributed by atoms with E-state index < -0.39 is 0 Å². The van der Waals surface area contributed by atoms with Gasteiger partial charge in [0.15, 0.2) is 0 Å². The smallest absolute Gasteiger partial charge is 0.143 e. The molecule has 0 radical (unpaired) electrons. The number of nitrogens with zero attached hydrogens (tertiary/aromatic N) is 1. The van der Waals surface area contributed by atoms with Crippen molar-refractivity contribution in [3.8, 4) is 44.5 Å². The van der Waals surface area contributed by atoms with Crippen molar-refractivity contribution in [2.45, 2.75) is 19.3 Å². The van der Waals surface area contributed by atoms with Crippen molar-refractivity contribution in [1.82, 2.24) is 0 Å². The summed E-state index contributed by atoms with van der Waals surface area (Å²) in [7, 11) is 0. The van der Waals surface area contributed by atoms with E-state index in [2.05, 4.69) is 195 Å². The molecule has 0 spiro atoms. The van der Waals surface area contributed by atoms with Crippen LogP contribution in [0.4, 0.5) is 17.1 Å². The minimum absolute atomic E-state index is 0.0394. The molecule has 8 aromatic carbocycles. The third kappa shape index (κ3) is 5.10. The second-order valence-corrected chi connectivity index (χ2v) is 14.5. The van der Waals surface area contributed by atoms with Crippen molar-refractivity contribution >= 4 is 39.0 Å². The van der Waals surface area contributed by atoms with Gasteiger partial charge in [-0.15, -0.1) is 0 Å². The van der Waals surface area contributed by atoms with Gasteiger partial charge in [0.25, 0.3) is 0 Å². The monoisotopic (exact) mass is 679 g/mol. The van der Waals surface area contributed by atoms with E-state index in [1.165, 1.54) is 44.5 Å². The summed E-state index contributed by atoms with van der Waals surface area (Å²) in [6.07, 6.45) is 0. The number of benzene rings is 8. The molecule has 0 N–H and O–H groups in total. The largest absolute Gasteiger partial charge is 0.455 e. The molecule has 252 valence electrons. The topological polar surface area (TPSA) is 16.4 Å². The molecule has 9 aromatic rings. The van der Waals surface area contributed by atoms with Crippen LogP contribution < -0.4 is 4.90 Å². The first-order valence-corrected chi connectivity index (χ1v) is 18.3. The van der Waals surface area contributed by atoms with Crippen LogP contribution in [0.25, 0.3) is 66.4 Å². The molecule has 1 aliphatic carbocycles. The first-order chi connectivity index (χ1) is 26.0. The van der Waals surface area contributed by atoms with Gasteiger partial charge in [-0.3, -0.25) is 0 Å². The zero-order chi connectivity index (χ0) is 35.5. The van der Waals surface area contributed by atoms with Gasteiger partial charge in [0.1, 0.15) is 11.2 Å². The van der Waals surface area contributed by atoms with E-state index in [0.29, 0.717) is 0 Å². The Balaban J connectivity index is 1.09. The maximum absolute atomic E-state index is 6.47. The van der Waals surface area contributed by atoms with Crippen molar-refractivity contribution in [2.75, 3.05) is 4.90 Å². The van der Waals surface area contributed by atoms with E-state index >= 15 is 0 Å². The molecule has 0 aliphatic heterocycles. The molecule has 2 heteroatoms. The van der Waals surface area contributed by atoms with Gasteiger partial charge in [0.05, 0.1) is 0 Å². The van der Waals surface area contributed by atoms with Crippen LogP contribution in [0.1, 0.15) is 25.0 Å². The van der Waals surface area contributed by atoms with Crippen LogP contribution >= 0.6 is 0 Å². The van der Waals surface area contributed by atoms with Gasteiger partial charge in [0.2, 0.25) is 0 Å². The Morgan fingerprint density at radius 3 is 1.77 bits per heavy atom. The van der Waals surface area contributed by atoms with E-state index in [-0.39, 0.29) is 5.41 Å². The number of rotatable bonds is 6. The summed E-state index contributed by atoms with van der Waals surface area (Å²) in [5.41, 5.74) is 17.6. The fourth-order valence-electron chi connectivity index (χ4n) is 8.45. The third-order valence-corrected chi connectivity index (χ3v) is 11.1. The van der Waals surface area contributed by atoms with Gasteiger partial charge >= 0.3 is 0 Å². The van der Waals surface area contributed by atoms with Gasteiger partial charge < -0.3 is 9.32 Å². The van der Waals surface area contributed by atoms with E-state index in [9.17, 15) is 0 Å². The average Bonchev–Trinajstić information content (AvgIpc) is 3.71. The molecular weight excluding hydrogens is 643 g/mol. The van der Waals surface area contributed by atoms with Gasteiger partial charge in [-0.05, 0) is 92.5 Å². The summed E-state index contributed by atoms with van der Waals surface area (Å²) < 4.78 is 6.47. The minimum atomic E-state index is -0.0394. The summed E-state index contributed by atoms with van der Waals surface area (Å²) in [6, 6.07) is 67.7. The van der Waals surface area contributed by atoms with Crippen LogP contribution in [0.2, 0.25) is 0 Å². The summed E-state index contributed by atoms with van der Waals surface area (Å²) in [4.78, 5) is 2.36. The Hall–Kier alpha value is -6.64. The molecule has 0 saturated carbocycles. The lowest BCUT2D eigenvalue weighted by atomic mass is 9.82. The fraction of sp³-hybridized carbons (Fsp3) is 0.0588. The Bertz CT molecular complexity index is 2790. The number of fused-ring (bicyclic) bond motifs is 6. The van der Waals surface area contributed by atoms with Gasteiger partial charge in [-0.2, -0.15) is 0 Å². The van der Waals surface area contributed by atoms with Crippen molar-refractivity contribution < 1.29 is 4.42 Å². The molecule has 1 aromatic heterocycles. The Labute approximate surface area is 310 Å². The molecule has 0 bridgehead atoms. The van der Waals surface area contributed by atoms with Gasteiger partial charge in [0, 0.05) is 38.8 Å². The lowest BCUT2D eigenvalue weighted by molar-refractivity contribution is 0.660. The van der Waals surface area contributed by atoms with Crippen LogP contribution in [0.5, 0.6) is 0 Å². The minimum Gasteiger partial charge on any atom is -0.455 e. The summed E-state index contributed by atoms with van der Waals surface area (Å²) in [5, 5.41) is 2.27. The van der Waals surface area contributed by atoms with Crippen LogP contribution in [0, 0.1) is 0 Å². The molecule has 0 fully saturated rings. The summed E-state index contributed by atoms with van der Waals surface area (Å²) in [6.45, 7) is 4.68. The lowest BCUT2D eigenvalue weighted by Gasteiger charge is -2.26. The molecular formula is C51H37NO. The van der Waals surface area contributed by atoms with Crippen molar-refractivity contribution in [2.24, 2.45) is 0 Å². The van der Waals surface area contributed by atoms with E-state index in [0.717, 1.165) is 50.1 Å². The van der Waals surface area contributed by atoms with Crippen LogP contribution in [-0.4, -0.2) is 0 Å². The molecule has 0 unspecified atom stereocenters. The zero-order valence-corrected chi connectivity index (χ0v) is 29.8. The maximum atomic E-state index is 6.47. The van der Waals surface area contributed by atoms with E-state index in [4.69, 9.17) is 4.42 Å². The highest BCUT2D eigenvalue weighted by Gasteiger charge is 2.36. The standard InChI is InChI=1S/C51H37NO/c1-51(2)46-22-8-6-18-45(46)49-41(19-12-23-47(49)51)36-27-31-39(32-28-36)52(38-29-25-35(26-30-38)34-13-4-3-5-14-34)40-16-10-15-37(33-40)42-20-11-21-44-43-17-7-9-24-48(43)53-50(42)44/h3-33H,1-2H3. The average molecular weight is 680 g/mol. The number of anilines is 3. The van der Waals surface area contributed by atoms with Gasteiger partial charge in [-0.25, -0.2) is 0 Å². The molecule has 0 atom stereocenters. The number of hydrogen-bond donors (Lipinski definition) is 0. The van der Waals surface area contributed by atoms with Crippen molar-refractivity contribution in [3.63, 3.8) is 0 Å². The zero-order valence-electron chi connectivity index (χ0n) is 29.8. The molecule has 1 heterocycles. The lowest BCUT2D eigenvalue weighted by Crippen LogP contribution is -2.14. The molecule has 0 amide bonds. The van der Waals surface area contributed by atoms with Crippen LogP contribution in [0.15, 0.2) is 192 Å². The Morgan fingerprint density at radius 2 is 0.962 bits per heavy atom. The maximum Gasteiger partial charge on any atom is 0.143 e. The highest BCUT2D eigenvalue weighted by atomic mass is 16.3. The number of furan rings is 1. The fourth-order valence-corrected chi connectivity index (χ4v) is 8.45. The third-order valence-electron chi connectivity index (χ3n) is 11.1. The molecule has 0 saturated heterocycles. The Morgan fingerprint density at radius 1 is 0.396 bits per heavy atom. The highest BCUT2D eigenvalue weighted by molar-refractivity contribution is 6.09. The number of hydrogen-bond acceptors (Lipinski definition) is 2. The summed E-state index contributed by atoms with van der Waals surface area (Å²) >= 11 is 0. The predicted octanol–water partition coefficient (Wildman–Crippen LogP) is 14.4. The van der Waals surface area contributed by atoms with E-state index in [1.54, 1.807) is 0 Å².